The van der Waals surface area contributed by atoms with E-state index in [0.29, 0.717) is 6.54 Å². The highest BCUT2D eigenvalue weighted by atomic mass is 79.9. The molecule has 5 nitrogen and oxygen atoms in total. The molecule has 132 valence electrons. The molecule has 24 heavy (non-hydrogen) atoms. The van der Waals surface area contributed by atoms with E-state index >= 15 is 0 Å². The summed E-state index contributed by atoms with van der Waals surface area (Å²) in [4.78, 5) is 25.5. The number of likely N-dealkylation sites (N-methyl/N-ethyl adjacent to an activating group) is 1. The summed E-state index contributed by atoms with van der Waals surface area (Å²) >= 11 is 3.45. The van der Waals surface area contributed by atoms with E-state index < -0.39 is 11.4 Å². The number of carboxylic acid groups (broad SMARTS) is 1. The van der Waals surface area contributed by atoms with Gasteiger partial charge in [-0.05, 0) is 50.9 Å². The highest BCUT2D eigenvalue weighted by molar-refractivity contribution is 9.10. The van der Waals surface area contributed by atoms with Crippen molar-refractivity contribution in [3.63, 3.8) is 0 Å². The number of rotatable bonds is 7. The molecular weight excluding hydrogens is 372 g/mol. The van der Waals surface area contributed by atoms with Crippen molar-refractivity contribution < 1.29 is 14.7 Å². The lowest BCUT2D eigenvalue weighted by Crippen LogP contribution is -2.57. The number of halogens is 1. The third-order valence-electron chi connectivity index (χ3n) is 4.82. The maximum absolute atomic E-state index is 12.7. The van der Waals surface area contributed by atoms with Crippen molar-refractivity contribution in [2.24, 2.45) is 0 Å². The van der Waals surface area contributed by atoms with Gasteiger partial charge in [-0.3, -0.25) is 14.5 Å². The molecular formula is C18H25BrN2O3. The van der Waals surface area contributed by atoms with E-state index in [1.807, 2.05) is 49.9 Å². The van der Waals surface area contributed by atoms with Crippen molar-refractivity contribution in [1.29, 1.82) is 0 Å². The van der Waals surface area contributed by atoms with Crippen molar-refractivity contribution in [2.75, 3.05) is 13.1 Å². The van der Waals surface area contributed by atoms with Crippen LogP contribution in [0.15, 0.2) is 28.7 Å². The lowest BCUT2D eigenvalue weighted by Gasteiger charge is -2.43. The van der Waals surface area contributed by atoms with Crippen LogP contribution in [0.1, 0.15) is 39.2 Å². The molecule has 0 heterocycles. The molecule has 1 aliphatic rings. The zero-order valence-electron chi connectivity index (χ0n) is 14.4. The summed E-state index contributed by atoms with van der Waals surface area (Å²) in [5, 5.41) is 12.0. The summed E-state index contributed by atoms with van der Waals surface area (Å²) in [5.41, 5.74) is 0.353. The highest BCUT2D eigenvalue weighted by Gasteiger charge is 2.38. The summed E-state index contributed by atoms with van der Waals surface area (Å²) in [6.45, 7) is 6.57. The van der Waals surface area contributed by atoms with E-state index in [0.717, 1.165) is 22.9 Å². The molecule has 0 bridgehead atoms. The zero-order valence-corrected chi connectivity index (χ0v) is 16.0. The molecule has 0 radical (unpaired) electrons. The van der Waals surface area contributed by atoms with Crippen LogP contribution in [0.5, 0.6) is 0 Å². The lowest BCUT2D eigenvalue weighted by atomic mass is 9.81. The molecule has 1 amide bonds. The first kappa shape index (κ1) is 18.9. The number of nitrogens with one attached hydrogen (secondary N) is 1. The normalized spacial score (nSPS) is 20.5. The van der Waals surface area contributed by atoms with Crippen LogP contribution < -0.4 is 5.32 Å². The van der Waals surface area contributed by atoms with Gasteiger partial charge in [0.15, 0.2) is 0 Å². The van der Waals surface area contributed by atoms with Gasteiger partial charge < -0.3 is 10.4 Å². The van der Waals surface area contributed by atoms with Gasteiger partial charge in [-0.2, -0.15) is 0 Å². The summed E-state index contributed by atoms with van der Waals surface area (Å²) in [6.07, 6.45) is 1.61. The molecule has 1 saturated carbocycles. The van der Waals surface area contributed by atoms with E-state index in [4.69, 9.17) is 5.11 Å². The molecule has 2 N–H and O–H groups in total. The smallest absolute Gasteiger partial charge is 0.317 e. The maximum Gasteiger partial charge on any atom is 0.317 e. The fourth-order valence-electron chi connectivity index (χ4n) is 3.05. The number of carbonyl (C=O) groups excluding carboxylic acids is 1. The minimum atomic E-state index is -0.805. The van der Waals surface area contributed by atoms with Gasteiger partial charge in [0.25, 0.3) is 0 Å². The van der Waals surface area contributed by atoms with E-state index in [-0.39, 0.29) is 24.5 Å². The van der Waals surface area contributed by atoms with E-state index in [1.165, 1.54) is 0 Å². The van der Waals surface area contributed by atoms with Gasteiger partial charge in [-0.15, -0.1) is 0 Å². The first-order chi connectivity index (χ1) is 11.2. The second-order valence-corrected chi connectivity index (χ2v) is 7.80. The third kappa shape index (κ3) is 4.36. The molecule has 0 aromatic heterocycles. The zero-order chi connectivity index (χ0) is 17.9. The van der Waals surface area contributed by atoms with Crippen LogP contribution in [0.25, 0.3) is 0 Å². The van der Waals surface area contributed by atoms with Gasteiger partial charge in [-0.1, -0.05) is 35.0 Å². The van der Waals surface area contributed by atoms with Gasteiger partial charge in [0.05, 0.1) is 12.0 Å². The quantitative estimate of drug-likeness (QED) is 0.743. The molecule has 6 heteroatoms. The summed E-state index contributed by atoms with van der Waals surface area (Å²) in [5.74, 6) is -0.801. The molecule has 0 aliphatic heterocycles. The van der Waals surface area contributed by atoms with Crippen LogP contribution in [0.2, 0.25) is 0 Å². The average molecular weight is 397 g/mol. The van der Waals surface area contributed by atoms with E-state index in [9.17, 15) is 9.59 Å². The highest BCUT2D eigenvalue weighted by Crippen LogP contribution is 2.29. The second-order valence-electron chi connectivity index (χ2n) is 6.89. The van der Waals surface area contributed by atoms with Crippen LogP contribution in [-0.2, 0) is 15.0 Å². The predicted molar refractivity (Wildman–Crippen MR) is 97.0 cm³/mol. The average Bonchev–Trinajstić information content (AvgIpc) is 2.48. The number of hydrogen-bond acceptors (Lipinski definition) is 3. The van der Waals surface area contributed by atoms with Crippen molar-refractivity contribution in [3.8, 4) is 0 Å². The van der Waals surface area contributed by atoms with Crippen molar-refractivity contribution in [3.05, 3.63) is 34.3 Å². The topological polar surface area (TPSA) is 69.6 Å². The van der Waals surface area contributed by atoms with Gasteiger partial charge in [-0.25, -0.2) is 0 Å². The Morgan fingerprint density at radius 2 is 2.04 bits per heavy atom. The Balaban J connectivity index is 1.91. The number of aliphatic carboxylic acids is 1. The fraction of sp³-hybridized carbons (Fsp3) is 0.556. The van der Waals surface area contributed by atoms with Gasteiger partial charge in [0.2, 0.25) is 5.91 Å². The molecule has 1 aromatic rings. The lowest BCUT2D eigenvalue weighted by molar-refractivity contribution is -0.140. The Morgan fingerprint density at radius 1 is 1.38 bits per heavy atom. The van der Waals surface area contributed by atoms with Crippen molar-refractivity contribution >= 4 is 27.8 Å². The van der Waals surface area contributed by atoms with Crippen molar-refractivity contribution in [1.82, 2.24) is 10.2 Å². The maximum atomic E-state index is 12.7. The SMILES string of the molecule is CCN(CC(=O)O)C1CC(NC(=O)C(C)(C)c2cccc(Br)c2)C1. The summed E-state index contributed by atoms with van der Waals surface area (Å²) < 4.78 is 0.955. The summed E-state index contributed by atoms with van der Waals surface area (Å²) in [7, 11) is 0. The van der Waals surface area contributed by atoms with Crippen molar-refractivity contribution in [2.45, 2.75) is 51.1 Å². The molecule has 1 aliphatic carbocycles. The number of benzene rings is 1. The molecule has 0 spiro atoms. The van der Waals surface area contributed by atoms with Crippen LogP contribution in [0.4, 0.5) is 0 Å². The number of carboxylic acids is 1. The molecule has 0 atom stereocenters. The number of amides is 1. The minimum absolute atomic E-state index is 0.00494. The first-order valence-electron chi connectivity index (χ1n) is 8.27. The molecule has 0 saturated heterocycles. The van der Waals surface area contributed by atoms with Gasteiger partial charge in [0.1, 0.15) is 0 Å². The minimum Gasteiger partial charge on any atom is -0.480 e. The van der Waals surface area contributed by atoms with Crippen LogP contribution >= 0.6 is 15.9 Å². The number of nitrogens with zero attached hydrogens (tertiary/aromatic N) is 1. The Hall–Kier alpha value is -1.40. The van der Waals surface area contributed by atoms with Crippen LogP contribution in [0, 0.1) is 0 Å². The van der Waals surface area contributed by atoms with Gasteiger partial charge >= 0.3 is 5.97 Å². The Labute approximate surface area is 151 Å². The monoisotopic (exact) mass is 396 g/mol. The number of carbonyl (C=O) groups is 2. The third-order valence-corrected chi connectivity index (χ3v) is 5.32. The Kier molecular flexibility index (Phi) is 6.04. The Bertz CT molecular complexity index is 612. The second kappa shape index (κ2) is 7.66. The van der Waals surface area contributed by atoms with E-state index in [2.05, 4.69) is 21.2 Å². The molecule has 2 rings (SSSR count). The standard InChI is InChI=1S/C18H25BrN2O3/c1-4-21(11-16(22)23)15-9-14(10-15)20-17(24)18(2,3)12-6-5-7-13(19)8-12/h5-8,14-15H,4,9-11H2,1-3H3,(H,20,24)(H,22,23). The largest absolute Gasteiger partial charge is 0.480 e. The van der Waals surface area contributed by atoms with Gasteiger partial charge in [0, 0.05) is 16.6 Å². The molecule has 0 unspecified atom stereocenters. The Morgan fingerprint density at radius 3 is 2.58 bits per heavy atom. The van der Waals surface area contributed by atoms with Crippen LogP contribution in [0.3, 0.4) is 0 Å². The molecule has 1 aromatic carbocycles. The number of hydrogen-bond donors (Lipinski definition) is 2. The first-order valence-corrected chi connectivity index (χ1v) is 9.06. The molecule has 1 fully saturated rings. The van der Waals surface area contributed by atoms with Crippen LogP contribution in [-0.4, -0.2) is 47.1 Å². The predicted octanol–water partition coefficient (Wildman–Crippen LogP) is 2.78. The fourth-order valence-corrected chi connectivity index (χ4v) is 3.45. The van der Waals surface area contributed by atoms with E-state index in [1.54, 1.807) is 0 Å². The summed E-state index contributed by atoms with van der Waals surface area (Å²) in [6, 6.07) is 8.16.